The number of hydrogen-bond donors (Lipinski definition) is 1. The minimum Gasteiger partial charge on any atom is -0.492 e. The maximum Gasteiger partial charge on any atom is 0.255 e. The van der Waals surface area contributed by atoms with Gasteiger partial charge >= 0.3 is 0 Å². The number of amides is 1. The van der Waals surface area contributed by atoms with Gasteiger partial charge in [-0.25, -0.2) is 0 Å². The van der Waals surface area contributed by atoms with Gasteiger partial charge in [-0.2, -0.15) is 0 Å². The number of nitrogens with zero attached hydrogens (tertiary/aromatic N) is 1. The van der Waals surface area contributed by atoms with E-state index in [-0.39, 0.29) is 5.91 Å². The Bertz CT molecular complexity index is 740. The molecular formula is C22H29BrN2O2. The van der Waals surface area contributed by atoms with Gasteiger partial charge in [-0.05, 0) is 84.6 Å². The molecule has 0 saturated heterocycles. The summed E-state index contributed by atoms with van der Waals surface area (Å²) >= 11 is 3.50. The molecule has 0 spiro atoms. The Morgan fingerprint density at radius 1 is 1.11 bits per heavy atom. The second-order valence-corrected chi connectivity index (χ2v) is 7.70. The fourth-order valence-electron chi connectivity index (χ4n) is 2.71. The molecule has 1 amide bonds. The average Bonchev–Trinajstić information content (AvgIpc) is 2.65. The highest BCUT2D eigenvalue weighted by atomic mass is 79.9. The number of rotatable bonds is 9. The molecule has 0 atom stereocenters. The second-order valence-electron chi connectivity index (χ2n) is 6.85. The average molecular weight is 433 g/mol. The van der Waals surface area contributed by atoms with Gasteiger partial charge in [-0.3, -0.25) is 4.79 Å². The van der Waals surface area contributed by atoms with E-state index in [9.17, 15) is 4.79 Å². The van der Waals surface area contributed by atoms with Crippen molar-refractivity contribution in [2.24, 2.45) is 5.92 Å². The molecule has 0 radical (unpaired) electrons. The molecule has 5 heteroatoms. The maximum absolute atomic E-state index is 12.5. The lowest BCUT2D eigenvalue weighted by Gasteiger charge is -2.21. The molecule has 0 heterocycles. The van der Waals surface area contributed by atoms with E-state index in [0.29, 0.717) is 18.1 Å². The molecule has 0 saturated carbocycles. The topological polar surface area (TPSA) is 41.6 Å². The van der Waals surface area contributed by atoms with E-state index in [2.05, 4.69) is 53.8 Å². The summed E-state index contributed by atoms with van der Waals surface area (Å²) in [6.07, 6.45) is 0.998. The van der Waals surface area contributed by atoms with Gasteiger partial charge in [-0.15, -0.1) is 0 Å². The smallest absolute Gasteiger partial charge is 0.255 e. The normalized spacial score (nSPS) is 10.7. The summed E-state index contributed by atoms with van der Waals surface area (Å²) in [6, 6.07) is 13.4. The van der Waals surface area contributed by atoms with Gasteiger partial charge in [0.25, 0.3) is 5.91 Å². The lowest BCUT2D eigenvalue weighted by Crippen LogP contribution is -2.21. The Morgan fingerprint density at radius 2 is 1.78 bits per heavy atom. The summed E-state index contributed by atoms with van der Waals surface area (Å²) in [5.41, 5.74) is 2.53. The fourth-order valence-corrected chi connectivity index (χ4v) is 3.20. The van der Waals surface area contributed by atoms with E-state index in [1.807, 2.05) is 30.3 Å². The van der Waals surface area contributed by atoms with Crippen LogP contribution in [0.2, 0.25) is 0 Å². The Kier molecular flexibility index (Phi) is 8.17. The van der Waals surface area contributed by atoms with Crippen LogP contribution in [0, 0.1) is 5.92 Å². The maximum atomic E-state index is 12.5. The van der Waals surface area contributed by atoms with E-state index in [4.69, 9.17) is 4.74 Å². The molecule has 0 bridgehead atoms. The van der Waals surface area contributed by atoms with Crippen molar-refractivity contribution < 1.29 is 9.53 Å². The quantitative estimate of drug-likeness (QED) is 0.530. The van der Waals surface area contributed by atoms with Crippen LogP contribution in [0.3, 0.4) is 0 Å². The Labute approximate surface area is 171 Å². The number of benzene rings is 2. The lowest BCUT2D eigenvalue weighted by atomic mass is 10.1. The number of carbonyl (C=O) groups is 1. The number of carbonyl (C=O) groups excluding carboxylic acids is 1. The predicted molar refractivity (Wildman–Crippen MR) is 117 cm³/mol. The summed E-state index contributed by atoms with van der Waals surface area (Å²) in [5.74, 6) is 1.22. The van der Waals surface area contributed by atoms with Gasteiger partial charge in [0, 0.05) is 30.0 Å². The molecule has 0 aromatic heterocycles. The number of anilines is 2. The van der Waals surface area contributed by atoms with Crippen LogP contribution >= 0.6 is 15.9 Å². The van der Waals surface area contributed by atoms with Gasteiger partial charge in [0.2, 0.25) is 0 Å². The summed E-state index contributed by atoms with van der Waals surface area (Å²) < 4.78 is 6.56. The fraction of sp³-hybridized carbons (Fsp3) is 0.409. The molecule has 2 rings (SSSR count). The first-order chi connectivity index (χ1) is 12.9. The van der Waals surface area contributed by atoms with Crippen LogP contribution < -0.4 is 15.0 Å². The van der Waals surface area contributed by atoms with Crippen LogP contribution in [0.25, 0.3) is 0 Å². The standard InChI is InChI=1S/C22H29BrN2O2/c1-5-25(6-2)19-10-8-18(9-11-19)24-22(26)17-7-12-21(20(23)15-17)27-14-13-16(3)4/h7-12,15-16H,5-6,13-14H2,1-4H3,(H,24,26). The highest BCUT2D eigenvalue weighted by Crippen LogP contribution is 2.27. The highest BCUT2D eigenvalue weighted by molar-refractivity contribution is 9.10. The van der Waals surface area contributed by atoms with Crippen LogP contribution in [0.15, 0.2) is 46.9 Å². The molecule has 0 aliphatic heterocycles. The van der Waals surface area contributed by atoms with Crippen molar-refractivity contribution in [3.63, 3.8) is 0 Å². The Hall–Kier alpha value is -2.01. The van der Waals surface area contributed by atoms with Crippen molar-refractivity contribution in [3.05, 3.63) is 52.5 Å². The van der Waals surface area contributed by atoms with Crippen molar-refractivity contribution in [1.29, 1.82) is 0 Å². The third kappa shape index (κ3) is 6.28. The summed E-state index contributed by atoms with van der Waals surface area (Å²) in [7, 11) is 0. The number of nitrogens with one attached hydrogen (secondary N) is 1. The molecule has 0 aliphatic rings. The third-order valence-electron chi connectivity index (χ3n) is 4.40. The summed E-state index contributed by atoms with van der Waals surface area (Å²) in [6.45, 7) is 11.2. The van der Waals surface area contributed by atoms with Gasteiger partial charge < -0.3 is 15.0 Å². The zero-order valence-corrected chi connectivity index (χ0v) is 18.2. The number of ether oxygens (including phenoxy) is 1. The molecule has 2 aromatic carbocycles. The van der Waals surface area contributed by atoms with Gasteiger partial charge in [0.05, 0.1) is 11.1 Å². The van der Waals surface area contributed by atoms with E-state index < -0.39 is 0 Å². The second kappa shape index (κ2) is 10.4. The van der Waals surface area contributed by atoms with Crippen molar-refractivity contribution in [1.82, 2.24) is 0 Å². The van der Waals surface area contributed by atoms with Crippen LogP contribution in [0.1, 0.15) is 44.5 Å². The molecule has 1 N–H and O–H groups in total. The first kappa shape index (κ1) is 21.3. The minimum absolute atomic E-state index is 0.139. The van der Waals surface area contributed by atoms with E-state index in [1.165, 1.54) is 0 Å². The molecule has 146 valence electrons. The molecule has 27 heavy (non-hydrogen) atoms. The van der Waals surface area contributed by atoms with Crippen molar-refractivity contribution in [2.75, 3.05) is 29.9 Å². The Morgan fingerprint density at radius 3 is 2.33 bits per heavy atom. The molecule has 0 aliphatic carbocycles. The number of halogens is 1. The molecular weight excluding hydrogens is 404 g/mol. The predicted octanol–water partition coefficient (Wildman–Crippen LogP) is 5.97. The van der Waals surface area contributed by atoms with Gasteiger partial charge in [0.15, 0.2) is 0 Å². The molecule has 0 fully saturated rings. The Balaban J connectivity index is 2.00. The van der Waals surface area contributed by atoms with E-state index >= 15 is 0 Å². The molecule has 0 unspecified atom stereocenters. The summed E-state index contributed by atoms with van der Waals surface area (Å²) in [4.78, 5) is 14.8. The zero-order chi connectivity index (χ0) is 19.8. The van der Waals surface area contributed by atoms with E-state index in [1.54, 1.807) is 12.1 Å². The van der Waals surface area contributed by atoms with Crippen LogP contribution in [-0.4, -0.2) is 25.6 Å². The van der Waals surface area contributed by atoms with Crippen LogP contribution in [-0.2, 0) is 0 Å². The van der Waals surface area contributed by atoms with Gasteiger partial charge in [0.1, 0.15) is 5.75 Å². The lowest BCUT2D eigenvalue weighted by molar-refractivity contribution is 0.102. The first-order valence-corrected chi connectivity index (χ1v) is 10.3. The van der Waals surface area contributed by atoms with Crippen LogP contribution in [0.5, 0.6) is 5.75 Å². The summed E-state index contributed by atoms with van der Waals surface area (Å²) in [5, 5.41) is 2.95. The van der Waals surface area contributed by atoms with E-state index in [0.717, 1.165) is 41.1 Å². The molecule has 4 nitrogen and oxygen atoms in total. The van der Waals surface area contributed by atoms with Gasteiger partial charge in [-0.1, -0.05) is 13.8 Å². The first-order valence-electron chi connectivity index (χ1n) is 9.53. The van der Waals surface area contributed by atoms with Crippen LogP contribution in [0.4, 0.5) is 11.4 Å². The number of hydrogen-bond acceptors (Lipinski definition) is 3. The highest BCUT2D eigenvalue weighted by Gasteiger charge is 2.10. The van der Waals surface area contributed by atoms with Crippen molar-refractivity contribution in [3.8, 4) is 5.75 Å². The SMILES string of the molecule is CCN(CC)c1ccc(NC(=O)c2ccc(OCCC(C)C)c(Br)c2)cc1. The zero-order valence-electron chi connectivity index (χ0n) is 16.6. The van der Waals surface area contributed by atoms with Crippen molar-refractivity contribution in [2.45, 2.75) is 34.1 Å². The van der Waals surface area contributed by atoms with Crippen molar-refractivity contribution >= 4 is 33.2 Å². The molecule has 2 aromatic rings. The third-order valence-corrected chi connectivity index (χ3v) is 5.02. The largest absolute Gasteiger partial charge is 0.492 e. The monoisotopic (exact) mass is 432 g/mol. The minimum atomic E-state index is -0.139.